The fraction of sp³-hybridized carbons (Fsp3) is 0.400. The Labute approximate surface area is 129 Å². The molecular weight excluding hydrogens is 284 g/mol. The van der Waals surface area contributed by atoms with Crippen molar-refractivity contribution in [1.29, 1.82) is 0 Å². The minimum atomic E-state index is -1.54. The van der Waals surface area contributed by atoms with Gasteiger partial charge in [0.15, 0.2) is 6.04 Å². The van der Waals surface area contributed by atoms with Crippen LogP contribution in [-0.2, 0) is 9.59 Å². The lowest BCUT2D eigenvalue weighted by molar-refractivity contribution is -0.128. The second-order valence-corrected chi connectivity index (χ2v) is 5.43. The molecule has 0 aliphatic heterocycles. The van der Waals surface area contributed by atoms with Crippen molar-refractivity contribution in [3.8, 4) is 0 Å². The normalized spacial score (nSPS) is 12.0. The first-order valence-electron chi connectivity index (χ1n) is 6.95. The Morgan fingerprint density at radius 2 is 1.55 bits per heavy atom. The molecule has 1 atom stereocenters. The van der Waals surface area contributed by atoms with Crippen molar-refractivity contribution < 1.29 is 14.4 Å². The zero-order chi connectivity index (χ0) is 16.9. The molecule has 0 unspecified atom stereocenters. The molecule has 7 nitrogen and oxygen atoms in total. The van der Waals surface area contributed by atoms with E-state index in [-0.39, 0.29) is 12.0 Å². The predicted octanol–water partition coefficient (Wildman–Crippen LogP) is 0.331. The van der Waals surface area contributed by atoms with E-state index in [4.69, 9.17) is 11.5 Å². The number of primary amides is 2. The Morgan fingerprint density at radius 1 is 1.00 bits per heavy atom. The van der Waals surface area contributed by atoms with Crippen LogP contribution in [0.3, 0.4) is 0 Å². The Bertz CT molecular complexity index is 558. The number of hydrogen-bond acceptors (Lipinski definition) is 3. The van der Waals surface area contributed by atoms with Gasteiger partial charge in [-0.2, -0.15) is 0 Å². The monoisotopic (exact) mass is 306 g/mol. The summed E-state index contributed by atoms with van der Waals surface area (Å²) in [6.07, 6.45) is 0. The molecule has 1 rings (SSSR count). The molecule has 4 amide bonds. The van der Waals surface area contributed by atoms with E-state index in [9.17, 15) is 14.4 Å². The SMILES string of the molecule is Cc1ccccc1[C@@H](NC(=O)NC(C(N)=O)C(N)=O)C(C)C. The van der Waals surface area contributed by atoms with Crippen LogP contribution in [0.2, 0.25) is 0 Å². The first kappa shape index (κ1) is 17.5. The van der Waals surface area contributed by atoms with Crippen molar-refractivity contribution >= 4 is 17.8 Å². The summed E-state index contributed by atoms with van der Waals surface area (Å²) in [4.78, 5) is 34.2. The standard InChI is InChI=1S/C15H22N4O3/c1-8(2)11(10-7-5-4-6-9(10)3)18-15(22)19-12(13(16)20)14(17)21/h4-8,11-12H,1-3H3,(H2,16,20)(H2,17,21)(H2,18,19,22)/t11-/m0/s1. The van der Waals surface area contributed by atoms with E-state index in [0.29, 0.717) is 0 Å². The number of carbonyl (C=O) groups excluding carboxylic acids is 3. The molecule has 1 aromatic carbocycles. The molecule has 0 heterocycles. The molecule has 22 heavy (non-hydrogen) atoms. The summed E-state index contributed by atoms with van der Waals surface area (Å²) < 4.78 is 0. The van der Waals surface area contributed by atoms with Gasteiger partial charge in [0.05, 0.1) is 6.04 Å². The van der Waals surface area contributed by atoms with E-state index in [0.717, 1.165) is 11.1 Å². The van der Waals surface area contributed by atoms with Crippen LogP contribution in [-0.4, -0.2) is 23.9 Å². The number of amides is 4. The van der Waals surface area contributed by atoms with Crippen molar-refractivity contribution in [2.45, 2.75) is 32.9 Å². The molecule has 0 saturated heterocycles. The van der Waals surface area contributed by atoms with E-state index < -0.39 is 23.9 Å². The smallest absolute Gasteiger partial charge is 0.316 e. The number of aryl methyl sites for hydroxylation is 1. The maximum Gasteiger partial charge on any atom is 0.316 e. The zero-order valence-electron chi connectivity index (χ0n) is 12.9. The highest BCUT2D eigenvalue weighted by molar-refractivity contribution is 6.05. The Balaban J connectivity index is 2.88. The quantitative estimate of drug-likeness (QED) is 0.565. The second kappa shape index (κ2) is 7.44. The largest absolute Gasteiger partial charge is 0.367 e. The van der Waals surface area contributed by atoms with Gasteiger partial charge in [-0.3, -0.25) is 9.59 Å². The van der Waals surface area contributed by atoms with Crippen LogP contribution in [0.1, 0.15) is 31.0 Å². The first-order chi connectivity index (χ1) is 10.2. The van der Waals surface area contributed by atoms with Crippen molar-refractivity contribution in [1.82, 2.24) is 10.6 Å². The van der Waals surface area contributed by atoms with Gasteiger partial charge in [-0.15, -0.1) is 0 Å². The topological polar surface area (TPSA) is 127 Å². The van der Waals surface area contributed by atoms with Gasteiger partial charge in [-0.1, -0.05) is 38.1 Å². The third kappa shape index (κ3) is 4.47. The highest BCUT2D eigenvalue weighted by Gasteiger charge is 2.26. The highest BCUT2D eigenvalue weighted by atomic mass is 16.2. The van der Waals surface area contributed by atoms with Gasteiger partial charge < -0.3 is 22.1 Å². The van der Waals surface area contributed by atoms with Crippen LogP contribution >= 0.6 is 0 Å². The lowest BCUT2D eigenvalue weighted by atomic mass is 9.93. The fourth-order valence-electron chi connectivity index (χ4n) is 2.14. The number of hydrogen-bond donors (Lipinski definition) is 4. The summed E-state index contributed by atoms with van der Waals surface area (Å²) in [6.45, 7) is 5.86. The van der Waals surface area contributed by atoms with Crippen LogP contribution in [0.25, 0.3) is 0 Å². The molecule has 0 radical (unpaired) electrons. The summed E-state index contributed by atoms with van der Waals surface area (Å²) in [5.41, 5.74) is 12.0. The molecule has 7 heteroatoms. The van der Waals surface area contributed by atoms with Crippen LogP contribution < -0.4 is 22.1 Å². The van der Waals surface area contributed by atoms with E-state index in [1.165, 1.54) is 0 Å². The average Bonchev–Trinajstić information content (AvgIpc) is 2.42. The summed E-state index contributed by atoms with van der Waals surface area (Å²) in [7, 11) is 0. The third-order valence-electron chi connectivity index (χ3n) is 3.32. The zero-order valence-corrected chi connectivity index (χ0v) is 12.9. The molecule has 0 bridgehead atoms. The molecule has 120 valence electrons. The molecule has 0 aromatic heterocycles. The maximum atomic E-state index is 12.0. The molecule has 1 aromatic rings. The van der Waals surface area contributed by atoms with Crippen molar-refractivity contribution in [2.24, 2.45) is 17.4 Å². The summed E-state index contributed by atoms with van der Waals surface area (Å²) in [5.74, 6) is -1.90. The first-order valence-corrected chi connectivity index (χ1v) is 6.95. The van der Waals surface area contributed by atoms with Gasteiger partial charge in [-0.25, -0.2) is 4.79 Å². The van der Waals surface area contributed by atoms with E-state index >= 15 is 0 Å². The van der Waals surface area contributed by atoms with Crippen LogP contribution in [0.15, 0.2) is 24.3 Å². The molecular formula is C15H22N4O3. The van der Waals surface area contributed by atoms with Gasteiger partial charge in [-0.05, 0) is 24.0 Å². The lowest BCUT2D eigenvalue weighted by Gasteiger charge is -2.25. The van der Waals surface area contributed by atoms with Gasteiger partial charge in [0.1, 0.15) is 0 Å². The number of urea groups is 1. The van der Waals surface area contributed by atoms with Crippen LogP contribution in [0.5, 0.6) is 0 Å². The van der Waals surface area contributed by atoms with Gasteiger partial charge >= 0.3 is 6.03 Å². The fourth-order valence-corrected chi connectivity index (χ4v) is 2.14. The maximum absolute atomic E-state index is 12.0. The highest BCUT2D eigenvalue weighted by Crippen LogP contribution is 2.24. The van der Waals surface area contributed by atoms with Crippen molar-refractivity contribution in [2.75, 3.05) is 0 Å². The Morgan fingerprint density at radius 3 is 2.00 bits per heavy atom. The van der Waals surface area contributed by atoms with Crippen molar-refractivity contribution in [3.63, 3.8) is 0 Å². The van der Waals surface area contributed by atoms with Crippen molar-refractivity contribution in [3.05, 3.63) is 35.4 Å². The summed E-state index contributed by atoms with van der Waals surface area (Å²) in [6, 6.07) is 5.16. The summed E-state index contributed by atoms with van der Waals surface area (Å²) >= 11 is 0. The lowest BCUT2D eigenvalue weighted by Crippen LogP contribution is -2.55. The molecule has 0 saturated carbocycles. The second-order valence-electron chi connectivity index (χ2n) is 5.43. The van der Waals surface area contributed by atoms with Gasteiger partial charge in [0.25, 0.3) is 0 Å². The minimum absolute atomic E-state index is 0.104. The summed E-state index contributed by atoms with van der Waals surface area (Å²) in [5, 5.41) is 4.94. The van der Waals surface area contributed by atoms with E-state index in [2.05, 4.69) is 10.6 Å². The average molecular weight is 306 g/mol. The molecule has 6 N–H and O–H groups in total. The third-order valence-corrected chi connectivity index (χ3v) is 3.32. The predicted molar refractivity (Wildman–Crippen MR) is 82.6 cm³/mol. The molecule has 0 fully saturated rings. The van der Waals surface area contributed by atoms with Gasteiger partial charge in [0.2, 0.25) is 11.8 Å². The van der Waals surface area contributed by atoms with E-state index in [1.54, 1.807) is 0 Å². The van der Waals surface area contributed by atoms with Gasteiger partial charge in [0, 0.05) is 0 Å². The molecule has 0 spiro atoms. The number of nitrogens with one attached hydrogen (secondary N) is 2. The Kier molecular flexibility index (Phi) is 5.91. The van der Waals surface area contributed by atoms with E-state index in [1.807, 2.05) is 45.0 Å². The minimum Gasteiger partial charge on any atom is -0.367 e. The number of carbonyl (C=O) groups is 3. The number of benzene rings is 1. The number of nitrogens with two attached hydrogens (primary N) is 2. The number of rotatable bonds is 6. The van der Waals surface area contributed by atoms with Crippen LogP contribution in [0, 0.1) is 12.8 Å². The Hall–Kier alpha value is -2.57. The molecule has 0 aliphatic rings. The van der Waals surface area contributed by atoms with Crippen LogP contribution in [0.4, 0.5) is 4.79 Å². The molecule has 0 aliphatic carbocycles.